The molecule has 0 aromatic rings. The number of methoxy groups -OCH3 is 1. The van der Waals surface area contributed by atoms with Crippen LogP contribution in [0.15, 0.2) is 11.8 Å². The average molecular weight is 1300 g/mol. The maximum absolute atomic E-state index is 10.9. The van der Waals surface area contributed by atoms with Crippen LogP contribution in [0.2, 0.25) is 0 Å². The van der Waals surface area contributed by atoms with E-state index in [0.29, 0.717) is 45.0 Å². The fraction of sp³-hybridized carbons (Fsp3) is 0.952. The van der Waals surface area contributed by atoms with Gasteiger partial charge < -0.3 is 130 Å². The van der Waals surface area contributed by atoms with Crippen molar-refractivity contribution in [3.8, 4) is 0 Å². The molecule has 19 N–H and O–H groups in total. The highest BCUT2D eigenvalue weighted by atomic mass is 16.7. The summed E-state index contributed by atoms with van der Waals surface area (Å²) >= 11 is 0. The van der Waals surface area contributed by atoms with Gasteiger partial charge >= 0.3 is 0 Å². The van der Waals surface area contributed by atoms with Crippen LogP contribution < -0.4 is 5.32 Å². The second kappa shape index (κ2) is 47.0. The van der Waals surface area contributed by atoms with Gasteiger partial charge in [0.15, 0.2) is 18.9 Å². The first-order valence-corrected chi connectivity index (χ1v) is 30.7. The fourth-order valence-electron chi connectivity index (χ4n) is 10.7. The highest BCUT2D eigenvalue weighted by molar-refractivity contribution is 5.73. The van der Waals surface area contributed by atoms with Crippen molar-refractivity contribution in [1.29, 1.82) is 0 Å². The number of ether oxygens (including phenoxy) is 11. The zero-order valence-corrected chi connectivity index (χ0v) is 54.5. The van der Waals surface area contributed by atoms with E-state index in [1.54, 1.807) is 6.08 Å². The minimum Gasteiger partial charge on any atom is -0.498 e. The van der Waals surface area contributed by atoms with Crippen LogP contribution in [0, 0.1) is 35.5 Å². The van der Waals surface area contributed by atoms with Gasteiger partial charge in [-0.2, -0.15) is 0 Å². The van der Waals surface area contributed by atoms with Crippen molar-refractivity contribution in [2.75, 3.05) is 46.8 Å². The van der Waals surface area contributed by atoms with Gasteiger partial charge in [-0.25, -0.2) is 0 Å². The number of amides is 1. The number of nitrogens with one attached hydrogen (secondary N) is 1. The van der Waals surface area contributed by atoms with Crippen LogP contribution in [0.4, 0.5) is 0 Å². The first-order valence-electron chi connectivity index (χ1n) is 30.7. The summed E-state index contributed by atoms with van der Waals surface area (Å²) < 4.78 is 60.1. The van der Waals surface area contributed by atoms with E-state index in [1.165, 1.54) is 14.0 Å². The van der Waals surface area contributed by atoms with Gasteiger partial charge in [0.2, 0.25) is 5.91 Å². The lowest BCUT2D eigenvalue weighted by molar-refractivity contribution is -0.289. The summed E-state index contributed by atoms with van der Waals surface area (Å²) in [5.74, 6) is 1.63. The Kier molecular flexibility index (Phi) is 49.4. The molecule has 1 amide bonds. The first kappa shape index (κ1) is 93.5. The number of carbonyl (C=O) groups excluding carboxylic acids is 1. The van der Waals surface area contributed by atoms with Crippen molar-refractivity contribution in [2.24, 2.45) is 35.5 Å². The molecule has 0 aromatic heterocycles. The predicted molar refractivity (Wildman–Crippen MR) is 334 cm³/mol. The summed E-state index contributed by atoms with van der Waals surface area (Å²) in [5.41, 5.74) is 0. The molecule has 89 heavy (non-hydrogen) atoms. The molecular formula is C62H129NO26. The molecule has 8 rings (SSSR count). The normalized spacial score (nSPS) is 41.4. The van der Waals surface area contributed by atoms with Gasteiger partial charge in [-0.15, -0.1) is 0 Å². The van der Waals surface area contributed by atoms with Crippen molar-refractivity contribution < 1.29 is 130 Å². The fourth-order valence-corrected chi connectivity index (χ4v) is 10.7. The predicted octanol–water partition coefficient (Wildman–Crippen LogP) is 0.814. The number of allylic oxidation sites excluding steroid dienone is 1. The summed E-state index contributed by atoms with van der Waals surface area (Å²) in [5, 5.41) is 99.2. The molecule has 0 radical (unpaired) electrons. The van der Waals surface area contributed by atoms with E-state index in [9.17, 15) is 50.8 Å². The van der Waals surface area contributed by atoms with Crippen LogP contribution in [0.3, 0.4) is 0 Å². The highest BCUT2D eigenvalue weighted by Gasteiger charge is 2.43. The molecule has 27 nitrogen and oxygen atoms in total. The van der Waals surface area contributed by atoms with Crippen LogP contribution in [-0.2, 0) is 56.9 Å². The molecule has 8 aliphatic heterocycles. The molecule has 28 unspecified atom stereocenters. The third-order valence-electron chi connectivity index (χ3n) is 17.2. The van der Waals surface area contributed by atoms with Crippen LogP contribution in [0.5, 0.6) is 0 Å². The Morgan fingerprint density at radius 3 is 1.39 bits per heavy atom. The number of carbonyl (C=O) groups is 1. The molecule has 0 saturated carbocycles. The van der Waals surface area contributed by atoms with E-state index in [-0.39, 0.29) is 147 Å². The summed E-state index contributed by atoms with van der Waals surface area (Å²) in [6.45, 7) is 29.1. The molecule has 0 spiro atoms. The summed E-state index contributed by atoms with van der Waals surface area (Å²) in [6.07, 6.45) is -0.463. The van der Waals surface area contributed by atoms with Crippen LogP contribution in [0.1, 0.15) is 163 Å². The van der Waals surface area contributed by atoms with Crippen LogP contribution >= 0.6 is 0 Å². The second-order valence-electron chi connectivity index (χ2n) is 24.2. The van der Waals surface area contributed by atoms with E-state index in [2.05, 4.69) is 19.2 Å². The van der Waals surface area contributed by atoms with Crippen LogP contribution in [0.25, 0.3) is 0 Å². The van der Waals surface area contributed by atoms with Gasteiger partial charge in [0.05, 0.1) is 119 Å². The Morgan fingerprint density at radius 2 is 0.966 bits per heavy atom. The maximum Gasteiger partial charge on any atom is 0.217 e. The Labute approximate surface area is 531 Å². The molecule has 0 aliphatic carbocycles. The van der Waals surface area contributed by atoms with Crippen molar-refractivity contribution in [2.45, 2.75) is 298 Å². The second-order valence-corrected chi connectivity index (χ2v) is 24.2. The van der Waals surface area contributed by atoms with Gasteiger partial charge in [0, 0.05) is 62.9 Å². The summed E-state index contributed by atoms with van der Waals surface area (Å²) in [4.78, 5) is 10.9. The monoisotopic (exact) mass is 1300 g/mol. The number of hydrogen-bond acceptors (Lipinski definition) is 22. The molecule has 538 valence electrons. The SMILES string of the molecule is C.C.CC1=CC(O)C(C)CO1.CCC1CC(C)C(C)C(O)O1.CCC1CC(O)C(C)C(OC2COCC(C)C2O)O1.CCC1CC(O)C(C)C(OC2COCC(O)C2O)O1.CCC1CC(O)C(NC(C)=O)C(C)O1.COC1C(C)OCC(O)C1O.O.O.O.O. The third kappa shape index (κ3) is 30.1. The number of aliphatic hydroxyl groups excluding tert-OH is 10. The standard InChI is InChI=1S/C14H26O5.C13H24O6.C10H19NO3.C9H18O2.C7H14O4.C7H12O2.2CH4.4H2O/c1-4-10-5-11(15)9(3)14(18-10)19-12-7-17-6-8(2)13(12)16;1-3-8-4-9(14)7(2)13(18-8)19-11-6-17-5-10(15)12(11)16;1-4-8-5-9(13)10(6(2)14-8)11-7(3)12;1-4-8-5-6(2)7(3)9(10)11-8;1-4-7(10-2)6(9)5(8)3-11-4;1-5-4-9-6(2)3-7(5)8;;;;;;/h8-16H,4-7H2,1-3H3;7-16H,3-6H2,1-2H3;6,8-10,13H,4-5H2,1-3H3,(H,11,12);6-10H,4-5H2,1-3H3;4-9H,3H2,1-2H3;3,5,7-8H,4H2,1-2H3;2*1H4;4*1H2. The number of aliphatic hydroxyl groups is 10. The summed E-state index contributed by atoms with van der Waals surface area (Å²) in [7, 11) is 1.49. The number of hydrogen-bond donors (Lipinski definition) is 11. The van der Waals surface area contributed by atoms with E-state index in [1.807, 2.05) is 76.2 Å². The largest absolute Gasteiger partial charge is 0.498 e. The minimum absolute atomic E-state index is 0. The molecule has 28 atom stereocenters. The maximum atomic E-state index is 10.9. The van der Waals surface area contributed by atoms with Gasteiger partial charge in [-0.3, -0.25) is 4.79 Å². The lowest BCUT2D eigenvalue weighted by Gasteiger charge is -2.41. The average Bonchev–Trinajstić information content (AvgIpc) is 3.66. The van der Waals surface area contributed by atoms with Crippen molar-refractivity contribution in [3.05, 3.63) is 11.8 Å². The van der Waals surface area contributed by atoms with Crippen molar-refractivity contribution in [3.63, 3.8) is 0 Å². The van der Waals surface area contributed by atoms with Crippen molar-refractivity contribution in [1.82, 2.24) is 5.32 Å². The quantitative estimate of drug-likeness (QED) is 0.144. The van der Waals surface area contributed by atoms with E-state index in [0.717, 1.165) is 37.9 Å². The van der Waals surface area contributed by atoms with Crippen molar-refractivity contribution >= 4 is 5.91 Å². The van der Waals surface area contributed by atoms with E-state index < -0.39 is 79.9 Å². The van der Waals surface area contributed by atoms with Crippen LogP contribution in [-0.4, -0.2) is 260 Å². The zero-order valence-electron chi connectivity index (χ0n) is 54.5. The first-order chi connectivity index (χ1) is 39.1. The molecule has 27 heteroatoms. The van der Waals surface area contributed by atoms with Gasteiger partial charge in [0.1, 0.15) is 42.7 Å². The topological polar surface area (TPSA) is 459 Å². The Bertz CT molecular complexity index is 1720. The van der Waals surface area contributed by atoms with E-state index >= 15 is 0 Å². The molecule has 0 aromatic carbocycles. The van der Waals surface area contributed by atoms with Gasteiger partial charge in [-0.1, -0.05) is 84.1 Å². The van der Waals surface area contributed by atoms with Gasteiger partial charge in [0.25, 0.3) is 0 Å². The number of rotatable bonds is 10. The Hall–Kier alpha value is -1.95. The molecule has 7 fully saturated rings. The molecule has 8 aliphatic rings. The molecular weight excluding hydrogens is 1170 g/mol. The molecule has 7 saturated heterocycles. The Morgan fingerprint density at radius 1 is 0.517 bits per heavy atom. The smallest absolute Gasteiger partial charge is 0.217 e. The van der Waals surface area contributed by atoms with Gasteiger partial charge in [-0.05, 0) is 64.9 Å². The minimum atomic E-state index is -0.983. The summed E-state index contributed by atoms with van der Waals surface area (Å²) in [6, 6.07) is -0.268. The lowest BCUT2D eigenvalue weighted by Crippen LogP contribution is -2.55. The molecule has 0 bridgehead atoms. The highest BCUT2D eigenvalue weighted by Crippen LogP contribution is 2.33. The third-order valence-corrected chi connectivity index (χ3v) is 17.2. The van der Waals surface area contributed by atoms with E-state index in [4.69, 9.17) is 57.2 Å². The molecule has 8 heterocycles. The lowest BCUT2D eigenvalue weighted by atomic mass is 9.87. The zero-order chi connectivity index (χ0) is 62.4. The Balaban J connectivity index is -0.000000490.